The molecule has 0 atom stereocenters. The van der Waals surface area contributed by atoms with Crippen LogP contribution in [0.25, 0.3) is 0 Å². The largest absolute Gasteiger partial charge is 0.377 e. The third-order valence-electron chi connectivity index (χ3n) is 1.73. The van der Waals surface area contributed by atoms with Crippen LogP contribution in [-0.4, -0.2) is 35.4 Å². The number of amides is 1. The molecule has 0 aliphatic heterocycles. The lowest BCUT2D eigenvalue weighted by atomic mass is 10.3. The molecule has 88 valence electrons. The molecule has 0 aliphatic carbocycles. The predicted octanol–water partition coefficient (Wildman–Crippen LogP) is 1.28. The topological polar surface area (TPSA) is 64.1 Å². The SMILES string of the molecule is CC(C)OCCNC(=O)c1cnnc(Cl)c1. The Labute approximate surface area is 99.2 Å². The van der Waals surface area contributed by atoms with E-state index >= 15 is 0 Å². The Morgan fingerprint density at radius 1 is 1.62 bits per heavy atom. The number of ether oxygens (including phenoxy) is 1. The second kappa shape index (κ2) is 6.40. The molecule has 0 saturated heterocycles. The van der Waals surface area contributed by atoms with Crippen molar-refractivity contribution in [3.63, 3.8) is 0 Å². The summed E-state index contributed by atoms with van der Waals surface area (Å²) in [4.78, 5) is 11.5. The van der Waals surface area contributed by atoms with Crippen molar-refractivity contribution < 1.29 is 9.53 Å². The second-order valence-corrected chi connectivity index (χ2v) is 3.83. The van der Waals surface area contributed by atoms with Crippen molar-refractivity contribution in [2.24, 2.45) is 0 Å². The van der Waals surface area contributed by atoms with E-state index in [2.05, 4.69) is 15.5 Å². The first-order valence-corrected chi connectivity index (χ1v) is 5.35. The van der Waals surface area contributed by atoms with Gasteiger partial charge in [-0.2, -0.15) is 5.10 Å². The van der Waals surface area contributed by atoms with Crippen LogP contribution in [0.4, 0.5) is 0 Å². The zero-order valence-electron chi connectivity index (χ0n) is 9.24. The number of nitrogens with zero attached hydrogens (tertiary/aromatic N) is 2. The fourth-order valence-corrected chi connectivity index (χ4v) is 1.19. The molecule has 16 heavy (non-hydrogen) atoms. The molecule has 0 fully saturated rings. The highest BCUT2D eigenvalue weighted by atomic mass is 35.5. The lowest BCUT2D eigenvalue weighted by Gasteiger charge is -2.08. The molecule has 0 radical (unpaired) electrons. The third kappa shape index (κ3) is 4.55. The highest BCUT2D eigenvalue weighted by Crippen LogP contribution is 2.04. The van der Waals surface area contributed by atoms with E-state index in [1.165, 1.54) is 12.3 Å². The molecule has 1 N–H and O–H groups in total. The van der Waals surface area contributed by atoms with Crippen LogP contribution >= 0.6 is 11.6 Å². The number of halogens is 1. The van der Waals surface area contributed by atoms with Gasteiger partial charge in [-0.05, 0) is 19.9 Å². The second-order valence-electron chi connectivity index (χ2n) is 3.44. The number of aromatic nitrogens is 2. The Hall–Kier alpha value is -1.20. The zero-order valence-corrected chi connectivity index (χ0v) is 9.99. The fourth-order valence-electron chi connectivity index (χ4n) is 1.03. The van der Waals surface area contributed by atoms with E-state index in [0.717, 1.165) is 0 Å². The average Bonchev–Trinajstić information content (AvgIpc) is 2.24. The van der Waals surface area contributed by atoms with Crippen LogP contribution in [0.2, 0.25) is 5.15 Å². The van der Waals surface area contributed by atoms with Gasteiger partial charge >= 0.3 is 0 Å². The summed E-state index contributed by atoms with van der Waals surface area (Å²) in [6.07, 6.45) is 1.53. The molecule has 0 spiro atoms. The molecule has 1 aromatic rings. The highest BCUT2D eigenvalue weighted by molar-refractivity contribution is 6.29. The molecule has 0 saturated carbocycles. The van der Waals surface area contributed by atoms with Crippen LogP contribution in [0.3, 0.4) is 0 Å². The lowest BCUT2D eigenvalue weighted by molar-refractivity contribution is 0.0746. The zero-order chi connectivity index (χ0) is 12.0. The molecule has 0 unspecified atom stereocenters. The minimum absolute atomic E-state index is 0.161. The first kappa shape index (κ1) is 12.9. The van der Waals surface area contributed by atoms with Crippen molar-refractivity contribution in [2.45, 2.75) is 20.0 Å². The van der Waals surface area contributed by atoms with E-state index in [-0.39, 0.29) is 17.2 Å². The summed E-state index contributed by atoms with van der Waals surface area (Å²) in [7, 11) is 0. The van der Waals surface area contributed by atoms with Crippen molar-refractivity contribution in [1.29, 1.82) is 0 Å². The van der Waals surface area contributed by atoms with Crippen molar-refractivity contribution in [3.8, 4) is 0 Å². The molecule has 0 aromatic carbocycles. The minimum Gasteiger partial charge on any atom is -0.377 e. The van der Waals surface area contributed by atoms with Gasteiger partial charge in [0, 0.05) is 6.54 Å². The molecule has 0 aliphatic rings. The smallest absolute Gasteiger partial charge is 0.253 e. The van der Waals surface area contributed by atoms with Crippen LogP contribution in [-0.2, 0) is 4.74 Å². The maximum Gasteiger partial charge on any atom is 0.253 e. The lowest BCUT2D eigenvalue weighted by Crippen LogP contribution is -2.28. The number of nitrogens with one attached hydrogen (secondary N) is 1. The Morgan fingerprint density at radius 2 is 2.38 bits per heavy atom. The van der Waals surface area contributed by atoms with Crippen LogP contribution in [0.15, 0.2) is 12.3 Å². The molecule has 6 heteroatoms. The van der Waals surface area contributed by atoms with Crippen LogP contribution in [0.1, 0.15) is 24.2 Å². The van der Waals surface area contributed by atoms with Gasteiger partial charge in [-0.1, -0.05) is 11.6 Å². The normalized spacial score (nSPS) is 10.5. The molecule has 5 nitrogen and oxygen atoms in total. The van der Waals surface area contributed by atoms with Gasteiger partial charge < -0.3 is 10.1 Å². The Morgan fingerprint density at radius 3 is 3.00 bits per heavy atom. The van der Waals surface area contributed by atoms with Gasteiger partial charge in [0.25, 0.3) is 5.91 Å². The van der Waals surface area contributed by atoms with Gasteiger partial charge in [0.15, 0.2) is 5.15 Å². The average molecular weight is 244 g/mol. The summed E-state index contributed by atoms with van der Waals surface area (Å²) in [5.74, 6) is -0.232. The Bertz CT molecular complexity index is 358. The van der Waals surface area contributed by atoms with Crippen molar-refractivity contribution in [1.82, 2.24) is 15.5 Å². The third-order valence-corrected chi connectivity index (χ3v) is 1.91. The van der Waals surface area contributed by atoms with Crippen LogP contribution < -0.4 is 5.32 Å². The van der Waals surface area contributed by atoms with Crippen molar-refractivity contribution in [2.75, 3.05) is 13.2 Å². The summed E-state index contributed by atoms with van der Waals surface area (Å²) < 4.78 is 5.28. The quantitative estimate of drug-likeness (QED) is 0.792. The highest BCUT2D eigenvalue weighted by Gasteiger charge is 2.06. The van der Waals surface area contributed by atoms with E-state index in [4.69, 9.17) is 16.3 Å². The minimum atomic E-state index is -0.232. The monoisotopic (exact) mass is 243 g/mol. The predicted molar refractivity (Wildman–Crippen MR) is 60.5 cm³/mol. The van der Waals surface area contributed by atoms with Crippen LogP contribution in [0.5, 0.6) is 0 Å². The van der Waals surface area contributed by atoms with Gasteiger partial charge in [-0.25, -0.2) is 0 Å². The Kier molecular flexibility index (Phi) is 5.14. The number of rotatable bonds is 5. The Balaban J connectivity index is 2.35. The molecule has 1 amide bonds. The van der Waals surface area contributed by atoms with E-state index in [0.29, 0.717) is 18.7 Å². The van der Waals surface area contributed by atoms with E-state index in [1.807, 2.05) is 13.8 Å². The van der Waals surface area contributed by atoms with Gasteiger partial charge in [-0.15, -0.1) is 5.10 Å². The first-order chi connectivity index (χ1) is 7.59. The van der Waals surface area contributed by atoms with Crippen molar-refractivity contribution >= 4 is 17.5 Å². The summed E-state index contributed by atoms with van der Waals surface area (Å²) in [5, 5.41) is 10.0. The molecule has 0 bridgehead atoms. The molecule has 1 aromatic heterocycles. The number of carbonyl (C=O) groups excluding carboxylic acids is 1. The summed E-state index contributed by atoms with van der Waals surface area (Å²) in [6.45, 7) is 4.81. The van der Waals surface area contributed by atoms with Crippen LogP contribution in [0, 0.1) is 0 Å². The maximum absolute atomic E-state index is 11.5. The number of carbonyl (C=O) groups is 1. The fraction of sp³-hybridized carbons (Fsp3) is 0.500. The molecule has 1 rings (SSSR count). The van der Waals surface area contributed by atoms with Crippen molar-refractivity contribution in [3.05, 3.63) is 23.0 Å². The summed E-state index contributed by atoms with van der Waals surface area (Å²) in [6, 6.07) is 1.47. The van der Waals surface area contributed by atoms with E-state index in [1.54, 1.807) is 0 Å². The molecule has 1 heterocycles. The standard InChI is InChI=1S/C10H14ClN3O2/c1-7(2)16-4-3-12-10(15)8-5-9(11)14-13-6-8/h5-7H,3-4H2,1-2H3,(H,12,15). The van der Waals surface area contributed by atoms with Gasteiger partial charge in [0.05, 0.1) is 24.5 Å². The summed E-state index contributed by atoms with van der Waals surface area (Å²) in [5.41, 5.74) is 0.393. The molecular formula is C10H14ClN3O2. The maximum atomic E-state index is 11.5. The van der Waals surface area contributed by atoms with Gasteiger partial charge in [-0.3, -0.25) is 4.79 Å². The van der Waals surface area contributed by atoms with E-state index < -0.39 is 0 Å². The summed E-state index contributed by atoms with van der Waals surface area (Å²) >= 11 is 5.61. The number of hydrogen-bond donors (Lipinski definition) is 1. The van der Waals surface area contributed by atoms with E-state index in [9.17, 15) is 4.79 Å². The first-order valence-electron chi connectivity index (χ1n) is 4.97. The van der Waals surface area contributed by atoms with Gasteiger partial charge in [0.1, 0.15) is 0 Å². The van der Waals surface area contributed by atoms with Gasteiger partial charge in [0.2, 0.25) is 0 Å². The molecular weight excluding hydrogens is 230 g/mol. The number of hydrogen-bond acceptors (Lipinski definition) is 4.